The maximum absolute atomic E-state index is 12.2. The summed E-state index contributed by atoms with van der Waals surface area (Å²) in [5.41, 5.74) is 0. The molecule has 6 nitrogen and oxygen atoms in total. The summed E-state index contributed by atoms with van der Waals surface area (Å²) in [7, 11) is 0. The van der Waals surface area contributed by atoms with Crippen molar-refractivity contribution in [3.63, 3.8) is 0 Å². The first-order chi connectivity index (χ1) is 9.70. The van der Waals surface area contributed by atoms with E-state index in [9.17, 15) is 9.90 Å². The number of ether oxygens (including phenoxy) is 2. The maximum atomic E-state index is 12.2. The standard InChI is InChI=1S/C14H26N2O4/c1-2-19-11-13(17)9-15-4-6-16(7-5-15)14(18)12-3-8-20-10-12/h12-13,17H,2-11H2,1H3/t12-,13+/m1/s1. The van der Waals surface area contributed by atoms with Gasteiger partial charge in [-0.2, -0.15) is 0 Å². The van der Waals surface area contributed by atoms with Gasteiger partial charge in [0.1, 0.15) is 0 Å². The molecule has 2 aliphatic rings. The maximum Gasteiger partial charge on any atom is 0.228 e. The molecule has 116 valence electrons. The van der Waals surface area contributed by atoms with Gasteiger partial charge in [0.2, 0.25) is 5.91 Å². The molecule has 0 aromatic carbocycles. The Hall–Kier alpha value is -0.690. The molecule has 0 unspecified atom stereocenters. The predicted octanol–water partition coefficient (Wildman–Crippen LogP) is -0.435. The molecule has 0 radical (unpaired) electrons. The number of amides is 1. The minimum Gasteiger partial charge on any atom is -0.389 e. The first-order valence-corrected chi connectivity index (χ1v) is 7.55. The number of aliphatic hydroxyl groups excluding tert-OH is 1. The van der Waals surface area contributed by atoms with Gasteiger partial charge in [0.15, 0.2) is 0 Å². The Morgan fingerprint density at radius 3 is 2.75 bits per heavy atom. The molecule has 2 atom stereocenters. The van der Waals surface area contributed by atoms with Crippen molar-refractivity contribution < 1.29 is 19.4 Å². The predicted molar refractivity (Wildman–Crippen MR) is 74.4 cm³/mol. The zero-order valence-electron chi connectivity index (χ0n) is 12.3. The van der Waals surface area contributed by atoms with Crippen molar-refractivity contribution >= 4 is 5.91 Å². The van der Waals surface area contributed by atoms with Gasteiger partial charge < -0.3 is 19.5 Å². The lowest BCUT2D eigenvalue weighted by Crippen LogP contribution is -2.52. The van der Waals surface area contributed by atoms with Gasteiger partial charge in [-0.1, -0.05) is 0 Å². The molecule has 1 N–H and O–H groups in total. The number of hydrogen-bond acceptors (Lipinski definition) is 5. The van der Waals surface area contributed by atoms with Gasteiger partial charge in [-0.05, 0) is 13.3 Å². The summed E-state index contributed by atoms with van der Waals surface area (Å²) in [5, 5.41) is 9.82. The topological polar surface area (TPSA) is 62.2 Å². The van der Waals surface area contributed by atoms with Crippen LogP contribution in [-0.2, 0) is 14.3 Å². The normalized spacial score (nSPS) is 25.9. The van der Waals surface area contributed by atoms with Crippen LogP contribution in [0, 0.1) is 5.92 Å². The van der Waals surface area contributed by atoms with Crippen molar-refractivity contribution in [2.45, 2.75) is 19.4 Å². The average Bonchev–Trinajstić information content (AvgIpc) is 2.99. The molecule has 2 rings (SSSR count). The molecule has 0 spiro atoms. The van der Waals surface area contributed by atoms with E-state index < -0.39 is 6.10 Å². The van der Waals surface area contributed by atoms with E-state index in [1.165, 1.54) is 0 Å². The van der Waals surface area contributed by atoms with Crippen LogP contribution in [0.25, 0.3) is 0 Å². The Balaban J connectivity index is 1.68. The summed E-state index contributed by atoms with van der Waals surface area (Å²) < 4.78 is 10.5. The lowest BCUT2D eigenvalue weighted by molar-refractivity contribution is -0.137. The Morgan fingerprint density at radius 2 is 2.15 bits per heavy atom. The number of hydrogen-bond donors (Lipinski definition) is 1. The highest BCUT2D eigenvalue weighted by Gasteiger charge is 2.30. The highest BCUT2D eigenvalue weighted by atomic mass is 16.5. The highest BCUT2D eigenvalue weighted by molar-refractivity contribution is 5.79. The third-order valence-corrected chi connectivity index (χ3v) is 3.95. The first-order valence-electron chi connectivity index (χ1n) is 7.55. The molecule has 2 heterocycles. The molecule has 20 heavy (non-hydrogen) atoms. The van der Waals surface area contributed by atoms with E-state index in [1.54, 1.807) is 0 Å². The quantitative estimate of drug-likeness (QED) is 0.717. The molecule has 0 aromatic rings. The zero-order valence-corrected chi connectivity index (χ0v) is 12.3. The minimum absolute atomic E-state index is 0.0603. The van der Waals surface area contributed by atoms with Crippen LogP contribution in [0.4, 0.5) is 0 Å². The molecular weight excluding hydrogens is 260 g/mol. The van der Waals surface area contributed by atoms with Gasteiger partial charge in [0.25, 0.3) is 0 Å². The van der Waals surface area contributed by atoms with Crippen LogP contribution in [-0.4, -0.2) is 86.1 Å². The third-order valence-electron chi connectivity index (χ3n) is 3.95. The number of aliphatic hydroxyl groups is 1. The van der Waals surface area contributed by atoms with E-state index in [-0.39, 0.29) is 11.8 Å². The van der Waals surface area contributed by atoms with E-state index in [0.717, 1.165) is 32.6 Å². The Labute approximate surface area is 120 Å². The van der Waals surface area contributed by atoms with E-state index in [1.807, 2.05) is 11.8 Å². The van der Waals surface area contributed by atoms with Crippen LogP contribution in [0.5, 0.6) is 0 Å². The molecule has 6 heteroatoms. The number of piperazine rings is 1. The average molecular weight is 286 g/mol. The summed E-state index contributed by atoms with van der Waals surface area (Å²) >= 11 is 0. The smallest absolute Gasteiger partial charge is 0.228 e. The van der Waals surface area contributed by atoms with Crippen LogP contribution < -0.4 is 0 Å². The first kappa shape index (κ1) is 15.7. The fourth-order valence-electron chi connectivity index (χ4n) is 2.74. The molecule has 1 amide bonds. The van der Waals surface area contributed by atoms with E-state index in [2.05, 4.69) is 4.90 Å². The second kappa shape index (κ2) is 7.93. The van der Waals surface area contributed by atoms with E-state index in [4.69, 9.17) is 9.47 Å². The summed E-state index contributed by atoms with van der Waals surface area (Å²) in [6.07, 6.45) is 0.409. The number of carbonyl (C=O) groups excluding carboxylic acids is 1. The zero-order chi connectivity index (χ0) is 14.4. The molecule has 0 saturated carbocycles. The molecule has 2 aliphatic heterocycles. The van der Waals surface area contributed by atoms with Gasteiger partial charge in [-0.25, -0.2) is 0 Å². The van der Waals surface area contributed by atoms with Crippen molar-refractivity contribution in [2.24, 2.45) is 5.92 Å². The van der Waals surface area contributed by atoms with Crippen LogP contribution in [0.3, 0.4) is 0 Å². The third kappa shape index (κ3) is 4.41. The van der Waals surface area contributed by atoms with Crippen molar-refractivity contribution in [1.82, 2.24) is 9.80 Å². The summed E-state index contributed by atoms with van der Waals surface area (Å²) in [5.74, 6) is 0.294. The van der Waals surface area contributed by atoms with Crippen LogP contribution >= 0.6 is 0 Å². The van der Waals surface area contributed by atoms with Crippen LogP contribution in [0.2, 0.25) is 0 Å². The van der Waals surface area contributed by atoms with Gasteiger partial charge in [-0.3, -0.25) is 9.69 Å². The van der Waals surface area contributed by atoms with Crippen molar-refractivity contribution in [3.05, 3.63) is 0 Å². The van der Waals surface area contributed by atoms with Gasteiger partial charge in [-0.15, -0.1) is 0 Å². The molecule has 0 aliphatic carbocycles. The SMILES string of the molecule is CCOC[C@@H](O)CN1CCN(C(=O)[C@@H]2CCOC2)CC1. The van der Waals surface area contributed by atoms with Crippen LogP contribution in [0.15, 0.2) is 0 Å². The Bertz CT molecular complexity index is 300. The monoisotopic (exact) mass is 286 g/mol. The molecule has 0 aromatic heterocycles. The molecule has 0 bridgehead atoms. The van der Waals surface area contributed by atoms with Crippen molar-refractivity contribution in [1.29, 1.82) is 0 Å². The van der Waals surface area contributed by atoms with Gasteiger partial charge in [0.05, 0.1) is 25.2 Å². The summed E-state index contributed by atoms with van der Waals surface area (Å²) in [6, 6.07) is 0. The molecule has 2 fully saturated rings. The Kier molecular flexibility index (Phi) is 6.22. The lowest BCUT2D eigenvalue weighted by atomic mass is 10.1. The Morgan fingerprint density at radius 1 is 1.40 bits per heavy atom. The summed E-state index contributed by atoms with van der Waals surface area (Å²) in [4.78, 5) is 16.4. The van der Waals surface area contributed by atoms with Gasteiger partial charge >= 0.3 is 0 Å². The fraction of sp³-hybridized carbons (Fsp3) is 0.929. The van der Waals surface area contributed by atoms with E-state index in [0.29, 0.717) is 33.0 Å². The van der Waals surface area contributed by atoms with Crippen molar-refractivity contribution in [3.8, 4) is 0 Å². The minimum atomic E-state index is -0.444. The number of carbonyl (C=O) groups is 1. The number of nitrogens with zero attached hydrogens (tertiary/aromatic N) is 2. The molecule has 2 saturated heterocycles. The van der Waals surface area contributed by atoms with Crippen LogP contribution in [0.1, 0.15) is 13.3 Å². The second-order valence-corrected chi connectivity index (χ2v) is 5.50. The lowest BCUT2D eigenvalue weighted by Gasteiger charge is -2.36. The van der Waals surface area contributed by atoms with Crippen molar-refractivity contribution in [2.75, 3.05) is 59.2 Å². The van der Waals surface area contributed by atoms with E-state index >= 15 is 0 Å². The molecular formula is C14H26N2O4. The summed E-state index contributed by atoms with van der Waals surface area (Å²) in [6.45, 7) is 7.97. The second-order valence-electron chi connectivity index (χ2n) is 5.50. The number of β-amino-alcohol motifs (C(OH)–C–C–N with tert-alkyl or cyclic N) is 1. The van der Waals surface area contributed by atoms with Gasteiger partial charge in [0, 0.05) is 45.9 Å². The highest BCUT2D eigenvalue weighted by Crippen LogP contribution is 2.16. The fourth-order valence-corrected chi connectivity index (χ4v) is 2.74. The largest absolute Gasteiger partial charge is 0.389 e. The number of rotatable bonds is 6.